The smallest absolute Gasteiger partial charge is 0.302 e. The Morgan fingerprint density at radius 2 is 1.90 bits per heavy atom. The molecule has 3 aromatic heterocycles. The van der Waals surface area contributed by atoms with E-state index >= 15 is 0 Å². The van der Waals surface area contributed by atoms with Crippen molar-refractivity contribution in [2.45, 2.75) is 0 Å². The van der Waals surface area contributed by atoms with Gasteiger partial charge in [-0.2, -0.15) is 4.52 Å². The summed E-state index contributed by atoms with van der Waals surface area (Å²) in [6.07, 6.45) is 1.56. The Morgan fingerprint density at radius 1 is 1.05 bits per heavy atom. The van der Waals surface area contributed by atoms with Gasteiger partial charge in [-0.15, -0.1) is 15.3 Å². The molecule has 6 nitrogen and oxygen atoms in total. The van der Waals surface area contributed by atoms with Crippen molar-refractivity contribution in [3.05, 3.63) is 59.1 Å². The van der Waals surface area contributed by atoms with Crippen molar-refractivity contribution in [3.63, 3.8) is 0 Å². The first-order chi connectivity index (χ1) is 10.3. The Hall–Kier alpha value is -2.80. The highest BCUT2D eigenvalue weighted by atomic mass is 32.1. The maximum absolute atomic E-state index is 12.5. The molecular formula is C14H8N4O2S. The van der Waals surface area contributed by atoms with Gasteiger partial charge in [0.05, 0.1) is 6.26 Å². The standard InChI is InChI=1S/C14H8N4O2S/c19-13-11(9-5-2-1-3-6-9)15-16-14-18(13)17-12(21-14)10-7-4-8-20-10/h1-8H. The predicted octanol–water partition coefficient (Wildman–Crippen LogP) is 2.47. The topological polar surface area (TPSA) is 73.3 Å². The van der Waals surface area contributed by atoms with Crippen molar-refractivity contribution in [2.24, 2.45) is 0 Å². The first-order valence-corrected chi connectivity index (χ1v) is 7.00. The average molecular weight is 296 g/mol. The van der Waals surface area contributed by atoms with Crippen molar-refractivity contribution in [2.75, 3.05) is 0 Å². The van der Waals surface area contributed by atoms with E-state index in [4.69, 9.17) is 4.42 Å². The van der Waals surface area contributed by atoms with Crippen LogP contribution in [0, 0.1) is 0 Å². The lowest BCUT2D eigenvalue weighted by atomic mass is 10.2. The summed E-state index contributed by atoms with van der Waals surface area (Å²) in [7, 11) is 0. The van der Waals surface area contributed by atoms with E-state index in [0.29, 0.717) is 15.7 Å². The minimum absolute atomic E-state index is 0.282. The molecule has 21 heavy (non-hydrogen) atoms. The highest BCUT2D eigenvalue weighted by molar-refractivity contribution is 7.19. The average Bonchev–Trinajstić information content (AvgIpc) is 3.18. The van der Waals surface area contributed by atoms with Gasteiger partial charge in [0.25, 0.3) is 0 Å². The van der Waals surface area contributed by atoms with Crippen LogP contribution in [0.4, 0.5) is 0 Å². The summed E-state index contributed by atoms with van der Waals surface area (Å²) in [5, 5.41) is 13.0. The van der Waals surface area contributed by atoms with E-state index in [0.717, 1.165) is 5.56 Å². The summed E-state index contributed by atoms with van der Waals surface area (Å²) < 4.78 is 6.55. The maximum Gasteiger partial charge on any atom is 0.302 e. The van der Waals surface area contributed by atoms with E-state index in [1.54, 1.807) is 18.4 Å². The zero-order valence-corrected chi connectivity index (χ0v) is 11.4. The fourth-order valence-corrected chi connectivity index (χ4v) is 2.80. The van der Waals surface area contributed by atoms with Crippen LogP contribution in [0.3, 0.4) is 0 Å². The molecule has 0 amide bonds. The summed E-state index contributed by atoms with van der Waals surface area (Å²) >= 11 is 1.26. The Balaban J connectivity index is 1.94. The number of fused-ring (bicyclic) bond motifs is 1. The van der Waals surface area contributed by atoms with E-state index in [9.17, 15) is 4.79 Å². The molecule has 7 heteroatoms. The quantitative estimate of drug-likeness (QED) is 0.568. The zero-order valence-electron chi connectivity index (χ0n) is 10.6. The van der Waals surface area contributed by atoms with Crippen LogP contribution in [0.2, 0.25) is 0 Å². The number of hydrogen-bond acceptors (Lipinski definition) is 6. The SMILES string of the molecule is O=c1c(-c2ccccc2)nnc2sc(-c3ccco3)nn12. The zero-order chi connectivity index (χ0) is 14.2. The van der Waals surface area contributed by atoms with Crippen LogP contribution in [0.5, 0.6) is 0 Å². The molecule has 0 bridgehead atoms. The second-order valence-electron chi connectivity index (χ2n) is 4.30. The Bertz CT molecular complexity index is 958. The molecule has 0 saturated heterocycles. The molecule has 0 atom stereocenters. The number of furan rings is 1. The number of aromatic nitrogens is 4. The molecule has 1 aromatic carbocycles. The van der Waals surface area contributed by atoms with E-state index in [1.165, 1.54) is 15.9 Å². The van der Waals surface area contributed by atoms with Gasteiger partial charge in [-0.25, -0.2) is 0 Å². The fourth-order valence-electron chi connectivity index (χ4n) is 1.99. The Morgan fingerprint density at radius 3 is 2.67 bits per heavy atom. The van der Waals surface area contributed by atoms with E-state index in [2.05, 4.69) is 15.3 Å². The first-order valence-electron chi connectivity index (χ1n) is 6.19. The number of benzene rings is 1. The van der Waals surface area contributed by atoms with Crippen LogP contribution in [-0.4, -0.2) is 19.8 Å². The van der Waals surface area contributed by atoms with Gasteiger partial charge in [-0.1, -0.05) is 41.7 Å². The van der Waals surface area contributed by atoms with Gasteiger partial charge in [-0.3, -0.25) is 4.79 Å². The van der Waals surface area contributed by atoms with E-state index < -0.39 is 0 Å². The normalized spacial score (nSPS) is 11.0. The number of nitrogens with zero attached hydrogens (tertiary/aromatic N) is 4. The lowest BCUT2D eigenvalue weighted by molar-refractivity contribution is 0.580. The molecule has 4 rings (SSSR count). The summed E-state index contributed by atoms with van der Waals surface area (Å²) in [5.41, 5.74) is 0.710. The van der Waals surface area contributed by atoms with Crippen molar-refractivity contribution in [1.29, 1.82) is 0 Å². The Kier molecular flexibility index (Phi) is 2.65. The second-order valence-corrected chi connectivity index (χ2v) is 5.25. The molecule has 0 aliphatic carbocycles. The van der Waals surface area contributed by atoms with Gasteiger partial charge in [0.15, 0.2) is 16.5 Å². The van der Waals surface area contributed by atoms with Gasteiger partial charge in [0, 0.05) is 5.56 Å². The number of rotatable bonds is 2. The monoisotopic (exact) mass is 296 g/mol. The molecule has 0 aliphatic heterocycles. The lowest BCUT2D eigenvalue weighted by Gasteiger charge is -1.97. The highest BCUT2D eigenvalue weighted by Gasteiger charge is 2.15. The second kappa shape index (κ2) is 4.64. The molecule has 0 aliphatic rings. The third-order valence-corrected chi connectivity index (χ3v) is 3.88. The van der Waals surface area contributed by atoms with Crippen molar-refractivity contribution < 1.29 is 4.42 Å². The van der Waals surface area contributed by atoms with Crippen LogP contribution < -0.4 is 5.56 Å². The third-order valence-electron chi connectivity index (χ3n) is 2.97. The maximum atomic E-state index is 12.5. The van der Waals surface area contributed by atoms with Crippen molar-refractivity contribution >= 4 is 16.3 Å². The van der Waals surface area contributed by atoms with Gasteiger partial charge < -0.3 is 4.42 Å². The largest absolute Gasteiger partial charge is 0.462 e. The molecule has 0 unspecified atom stereocenters. The van der Waals surface area contributed by atoms with Gasteiger partial charge in [0.1, 0.15) is 0 Å². The summed E-state index contributed by atoms with van der Waals surface area (Å²) in [4.78, 5) is 12.9. The summed E-state index contributed by atoms with van der Waals surface area (Å²) in [5.74, 6) is 0.603. The summed E-state index contributed by atoms with van der Waals surface area (Å²) in [6.45, 7) is 0. The molecule has 0 fully saturated rings. The summed E-state index contributed by atoms with van der Waals surface area (Å²) in [6, 6.07) is 12.8. The highest BCUT2D eigenvalue weighted by Crippen LogP contribution is 2.24. The number of hydrogen-bond donors (Lipinski definition) is 0. The minimum atomic E-state index is -0.291. The molecule has 0 N–H and O–H groups in total. The molecule has 4 aromatic rings. The predicted molar refractivity (Wildman–Crippen MR) is 78.1 cm³/mol. The molecule has 102 valence electrons. The molecule has 0 spiro atoms. The third kappa shape index (κ3) is 1.95. The first kappa shape index (κ1) is 12.0. The van der Waals surface area contributed by atoms with Gasteiger partial charge in [-0.05, 0) is 12.1 Å². The van der Waals surface area contributed by atoms with Gasteiger partial charge >= 0.3 is 5.56 Å². The van der Waals surface area contributed by atoms with Crippen LogP contribution in [-0.2, 0) is 0 Å². The Labute approximate surface area is 122 Å². The van der Waals surface area contributed by atoms with Crippen molar-refractivity contribution in [3.8, 4) is 22.0 Å². The lowest BCUT2D eigenvalue weighted by Crippen LogP contribution is -2.19. The minimum Gasteiger partial charge on any atom is -0.462 e. The molecule has 3 heterocycles. The van der Waals surface area contributed by atoms with Crippen LogP contribution >= 0.6 is 11.3 Å². The molecule has 0 radical (unpaired) electrons. The fraction of sp³-hybridized carbons (Fsp3) is 0. The molecule has 0 saturated carbocycles. The van der Waals surface area contributed by atoms with Crippen LogP contribution in [0.15, 0.2) is 57.9 Å². The van der Waals surface area contributed by atoms with E-state index in [-0.39, 0.29) is 11.3 Å². The molecular weight excluding hydrogens is 288 g/mol. The van der Waals surface area contributed by atoms with Crippen LogP contribution in [0.25, 0.3) is 27.0 Å². The van der Waals surface area contributed by atoms with Crippen molar-refractivity contribution in [1.82, 2.24) is 19.8 Å². The van der Waals surface area contributed by atoms with E-state index in [1.807, 2.05) is 30.3 Å². The van der Waals surface area contributed by atoms with Crippen LogP contribution in [0.1, 0.15) is 0 Å². The van der Waals surface area contributed by atoms with Gasteiger partial charge in [0.2, 0.25) is 4.96 Å².